The number of phenolic OH excluding ortho intramolecular Hbond substituents is 1. The maximum Gasteiger partial charge on any atom is 0.255 e. The van der Waals surface area contributed by atoms with Crippen LogP contribution in [0.1, 0.15) is 50.8 Å². The summed E-state index contributed by atoms with van der Waals surface area (Å²) in [5, 5.41) is 49.0. The van der Waals surface area contributed by atoms with Crippen LogP contribution in [-0.4, -0.2) is 79.9 Å². The number of benzene rings is 1. The number of anilines is 1. The van der Waals surface area contributed by atoms with Crippen molar-refractivity contribution >= 4 is 34.6 Å². The van der Waals surface area contributed by atoms with Crippen molar-refractivity contribution in [3.63, 3.8) is 0 Å². The molecule has 1 amide bonds. The van der Waals surface area contributed by atoms with Gasteiger partial charge in [-0.3, -0.25) is 19.3 Å². The highest BCUT2D eigenvalue weighted by Gasteiger charge is 2.64. The number of carbonyl (C=O) groups excluding carboxylic acids is 3. The number of likely N-dealkylation sites (N-methyl/N-ethyl adjacent to an activating group) is 1. The van der Waals surface area contributed by atoms with Gasteiger partial charge in [0.25, 0.3) is 5.91 Å². The van der Waals surface area contributed by atoms with Gasteiger partial charge in [-0.05, 0) is 72.2 Å². The molecule has 0 aromatic heterocycles. The van der Waals surface area contributed by atoms with Crippen molar-refractivity contribution in [1.29, 1.82) is 0 Å². The number of rotatable bonds is 4. The Morgan fingerprint density at radius 2 is 1.82 bits per heavy atom. The van der Waals surface area contributed by atoms with Crippen LogP contribution in [0.25, 0.3) is 5.76 Å². The first-order valence-corrected chi connectivity index (χ1v) is 12.5. The first kappa shape index (κ1) is 28.1. The molecule has 2 unspecified atom stereocenters. The Labute approximate surface area is 225 Å². The fraction of sp³-hybridized carbons (Fsp3) is 0.481. The van der Waals surface area contributed by atoms with Crippen LogP contribution < -0.4 is 11.5 Å². The van der Waals surface area contributed by atoms with Crippen LogP contribution in [0.3, 0.4) is 0 Å². The van der Waals surface area contributed by atoms with Gasteiger partial charge < -0.3 is 36.7 Å². The molecule has 12 nitrogen and oxygen atoms in total. The van der Waals surface area contributed by atoms with Crippen molar-refractivity contribution < 1.29 is 39.6 Å². The van der Waals surface area contributed by atoms with Crippen molar-refractivity contribution in [1.82, 2.24) is 4.90 Å². The summed E-state index contributed by atoms with van der Waals surface area (Å²) < 4.78 is 0. The van der Waals surface area contributed by atoms with E-state index in [4.69, 9.17) is 16.3 Å². The monoisotopic (exact) mass is 542 g/mol. The summed E-state index contributed by atoms with van der Waals surface area (Å²) in [6.45, 7) is 7.13. The summed E-state index contributed by atoms with van der Waals surface area (Å²) in [7, 11) is 3.09. The highest BCUT2D eigenvalue weighted by atomic mass is 16.6. The number of fused-ring (bicyclic) bond motifs is 3. The molecule has 0 aliphatic heterocycles. The Hall–Kier alpha value is -3.90. The molecule has 1 aromatic rings. The lowest BCUT2D eigenvalue weighted by Gasteiger charge is -2.50. The van der Waals surface area contributed by atoms with E-state index in [0.29, 0.717) is 16.8 Å². The molecule has 0 spiro atoms. The number of nitrogen functional groups attached to an aromatic ring is 1. The maximum atomic E-state index is 13.9. The molecule has 0 radical (unpaired) electrons. The van der Waals surface area contributed by atoms with Gasteiger partial charge in [-0.2, -0.15) is 0 Å². The molecule has 4 rings (SSSR count). The third-order valence-electron chi connectivity index (χ3n) is 7.60. The van der Waals surface area contributed by atoms with Crippen LogP contribution in [0.4, 0.5) is 5.69 Å². The number of primary amides is 1. The Bertz CT molecular complexity index is 1400. The smallest absolute Gasteiger partial charge is 0.255 e. The highest BCUT2D eigenvalue weighted by molar-refractivity contribution is 6.24. The first-order valence-electron chi connectivity index (χ1n) is 12.5. The minimum Gasteiger partial charge on any atom is -0.508 e. The fourth-order valence-corrected chi connectivity index (χ4v) is 5.91. The number of hydrogen-bond acceptors (Lipinski definition) is 11. The van der Waals surface area contributed by atoms with E-state index in [1.807, 2.05) is 20.8 Å². The number of carbonyl (C=O) groups is 3. The average Bonchev–Trinajstić information content (AvgIpc) is 2.81. The highest BCUT2D eigenvalue weighted by Crippen LogP contribution is 2.53. The molecule has 0 bridgehead atoms. The lowest BCUT2D eigenvalue weighted by molar-refractivity contribution is -0.153. The third kappa shape index (κ3) is 4.14. The van der Waals surface area contributed by atoms with Crippen LogP contribution in [0, 0.1) is 11.8 Å². The van der Waals surface area contributed by atoms with Crippen LogP contribution >= 0.6 is 0 Å². The van der Waals surface area contributed by atoms with Crippen molar-refractivity contribution in [3.05, 3.63) is 39.7 Å². The Kier molecular flexibility index (Phi) is 6.56. The number of Topliss-reactive ketones (excluding diaryl/α,β-unsaturated/α-hetero) is 2. The minimum absolute atomic E-state index is 0.0228. The van der Waals surface area contributed by atoms with Gasteiger partial charge in [-0.25, -0.2) is 0 Å². The fourth-order valence-electron chi connectivity index (χ4n) is 5.91. The van der Waals surface area contributed by atoms with E-state index in [1.165, 1.54) is 11.0 Å². The van der Waals surface area contributed by atoms with E-state index >= 15 is 0 Å². The van der Waals surface area contributed by atoms with Crippen molar-refractivity contribution in [2.24, 2.45) is 22.7 Å². The maximum absolute atomic E-state index is 13.9. The Balaban J connectivity index is 1.96. The van der Waals surface area contributed by atoms with Crippen LogP contribution in [-0.2, 0) is 25.6 Å². The molecule has 12 heteroatoms. The molecule has 3 aliphatic rings. The molecule has 1 fully saturated rings. The summed E-state index contributed by atoms with van der Waals surface area (Å²) in [6.07, 6.45) is 0.0884. The number of phenols is 1. The normalized spacial score (nSPS) is 27.4. The van der Waals surface area contributed by atoms with Gasteiger partial charge in [0.15, 0.2) is 11.4 Å². The molecule has 8 N–H and O–H groups in total. The SMILES string of the molecule is C/C(=N/OC(C)(C)C)c1cc(N)c(O)c2c1CC1CC3[C@@H](N(C)C)C(=O)C(C(N)=O)=C(O)[C@@]3(O)C(=O)C1=C2O. The van der Waals surface area contributed by atoms with Gasteiger partial charge in [0.1, 0.15) is 28.4 Å². The third-order valence-corrected chi connectivity index (χ3v) is 7.60. The van der Waals surface area contributed by atoms with Gasteiger partial charge in [0.2, 0.25) is 5.78 Å². The number of nitrogens with zero attached hydrogens (tertiary/aromatic N) is 2. The van der Waals surface area contributed by atoms with E-state index in [1.54, 1.807) is 21.0 Å². The Morgan fingerprint density at radius 3 is 2.36 bits per heavy atom. The average molecular weight is 543 g/mol. The number of aromatic hydroxyl groups is 1. The van der Waals surface area contributed by atoms with Crippen LogP contribution in [0.5, 0.6) is 5.75 Å². The number of nitrogens with two attached hydrogens (primary N) is 2. The second-order valence-corrected chi connectivity index (χ2v) is 11.6. The minimum atomic E-state index is -2.71. The van der Waals surface area contributed by atoms with Gasteiger partial charge in [-0.15, -0.1) is 0 Å². The molecule has 0 saturated heterocycles. The number of ketones is 2. The molecule has 4 atom stereocenters. The van der Waals surface area contributed by atoms with E-state index in [2.05, 4.69) is 5.16 Å². The van der Waals surface area contributed by atoms with Gasteiger partial charge in [-0.1, -0.05) is 5.16 Å². The van der Waals surface area contributed by atoms with Crippen LogP contribution in [0.15, 0.2) is 28.1 Å². The lowest BCUT2D eigenvalue weighted by atomic mass is 9.57. The predicted molar refractivity (Wildman–Crippen MR) is 142 cm³/mol. The van der Waals surface area contributed by atoms with E-state index in [9.17, 15) is 34.8 Å². The molecule has 39 heavy (non-hydrogen) atoms. The molecular weight excluding hydrogens is 508 g/mol. The summed E-state index contributed by atoms with van der Waals surface area (Å²) in [5.74, 6) is -7.30. The zero-order valence-electron chi connectivity index (χ0n) is 22.7. The van der Waals surface area contributed by atoms with Gasteiger partial charge in [0, 0.05) is 17.1 Å². The van der Waals surface area contributed by atoms with Crippen molar-refractivity contribution in [2.75, 3.05) is 19.8 Å². The number of aliphatic hydroxyl groups is 3. The molecule has 210 valence electrons. The Morgan fingerprint density at radius 1 is 1.21 bits per heavy atom. The van der Waals surface area contributed by atoms with Crippen LogP contribution in [0.2, 0.25) is 0 Å². The summed E-state index contributed by atoms with van der Waals surface area (Å²) >= 11 is 0. The molecule has 1 saturated carbocycles. The molecule has 0 heterocycles. The number of oxime groups is 1. The molecule has 3 aliphatic carbocycles. The summed E-state index contributed by atoms with van der Waals surface area (Å²) in [4.78, 5) is 46.2. The van der Waals surface area contributed by atoms with E-state index in [-0.39, 0.29) is 29.7 Å². The van der Waals surface area contributed by atoms with Gasteiger partial charge in [0.05, 0.1) is 23.0 Å². The summed E-state index contributed by atoms with van der Waals surface area (Å²) in [6, 6.07) is 0.337. The zero-order chi connectivity index (χ0) is 29.4. The topological polar surface area (TPSA) is 209 Å². The standard InChI is InChI=1S/C27H34N4O8/c1-10(30-39-26(2,3)4)12-9-15(28)20(32)17-13(12)7-11-8-14-19(31(5)6)22(34)18(25(29)37)24(36)27(14,38)23(35)16(11)21(17)33/h9,11,14,19,32-33,36,38H,7-8,28H2,1-6H3,(H2,29,37)/b30-10-/t11?,14?,19-,27+/m1/s1. The second-order valence-electron chi connectivity index (χ2n) is 11.6. The van der Waals surface area contributed by atoms with Gasteiger partial charge >= 0.3 is 0 Å². The number of amides is 1. The molecule has 1 aromatic carbocycles. The van der Waals surface area contributed by atoms with Crippen molar-refractivity contribution in [2.45, 2.75) is 57.8 Å². The number of hydrogen-bond donors (Lipinski definition) is 6. The first-order chi connectivity index (χ1) is 17.9. The predicted octanol–water partition coefficient (Wildman–Crippen LogP) is 1.09. The quantitative estimate of drug-likeness (QED) is 0.105. The lowest BCUT2D eigenvalue weighted by Crippen LogP contribution is -2.65. The van der Waals surface area contributed by atoms with Crippen molar-refractivity contribution in [3.8, 4) is 5.75 Å². The second kappa shape index (κ2) is 9.09. The number of aliphatic hydroxyl groups excluding tert-OH is 2. The zero-order valence-corrected chi connectivity index (χ0v) is 22.7. The molecular formula is C27H34N4O8. The van der Waals surface area contributed by atoms with E-state index < -0.39 is 69.4 Å². The summed E-state index contributed by atoms with van der Waals surface area (Å²) in [5.41, 5.74) is 8.12. The largest absolute Gasteiger partial charge is 0.508 e. The van der Waals surface area contributed by atoms with E-state index in [0.717, 1.165) is 0 Å².